The van der Waals surface area contributed by atoms with Gasteiger partial charge in [0.15, 0.2) is 11.6 Å². The molecule has 2 aromatic heterocycles. The summed E-state index contributed by atoms with van der Waals surface area (Å²) < 4.78 is 0. The van der Waals surface area contributed by atoms with Crippen molar-refractivity contribution in [3.05, 3.63) is 109 Å². The normalized spacial score (nSPS) is 25.1. The standard InChI is InChI=1S/C29H19ClN2O3S2/c30-17-10-11-20-16(15-17)9-12-23-29(18-5-1-2-6-19(18)31-28(29)35)24(26(33)21-7-3-13-36-21)25(32(20)23)27(34)22-8-4-14-37-22/h1-15,23-25H,(H,31,35)/t23-,24+,25+,29-/m1/s1. The molecule has 4 aromatic rings. The summed E-state index contributed by atoms with van der Waals surface area (Å²) in [7, 11) is 0. The highest BCUT2D eigenvalue weighted by Gasteiger charge is 2.70. The number of halogens is 1. The number of nitrogens with zero attached hydrogens (tertiary/aromatic N) is 1. The number of thiophene rings is 2. The summed E-state index contributed by atoms with van der Waals surface area (Å²) in [6.07, 6.45) is 3.90. The Labute approximate surface area is 226 Å². The van der Waals surface area contributed by atoms with Gasteiger partial charge in [-0.25, -0.2) is 0 Å². The van der Waals surface area contributed by atoms with Gasteiger partial charge in [0.2, 0.25) is 5.91 Å². The Morgan fingerprint density at radius 3 is 2.38 bits per heavy atom. The lowest BCUT2D eigenvalue weighted by molar-refractivity contribution is -0.121. The summed E-state index contributed by atoms with van der Waals surface area (Å²) in [5.74, 6) is -1.57. The molecule has 1 amide bonds. The number of fused-ring (bicyclic) bond motifs is 6. The minimum Gasteiger partial charge on any atom is -0.352 e. The molecule has 3 aliphatic heterocycles. The number of rotatable bonds is 4. The van der Waals surface area contributed by atoms with Gasteiger partial charge in [0.1, 0.15) is 11.5 Å². The first kappa shape index (κ1) is 22.7. The summed E-state index contributed by atoms with van der Waals surface area (Å²) >= 11 is 9.00. The first-order valence-corrected chi connectivity index (χ1v) is 14.0. The highest BCUT2D eigenvalue weighted by Crippen LogP contribution is 2.58. The number of carbonyl (C=O) groups excluding carboxylic acids is 3. The lowest BCUT2D eigenvalue weighted by Crippen LogP contribution is -2.51. The maximum Gasteiger partial charge on any atom is 0.238 e. The predicted molar refractivity (Wildman–Crippen MR) is 148 cm³/mol. The molecule has 1 fully saturated rings. The fourth-order valence-electron chi connectivity index (χ4n) is 6.29. The van der Waals surface area contributed by atoms with Crippen LogP contribution in [0.15, 0.2) is 83.6 Å². The van der Waals surface area contributed by atoms with Crippen molar-refractivity contribution >= 4 is 69.2 Å². The molecule has 3 aliphatic rings. The molecule has 0 saturated carbocycles. The number of anilines is 2. The van der Waals surface area contributed by atoms with Crippen molar-refractivity contribution in [1.82, 2.24) is 0 Å². The smallest absolute Gasteiger partial charge is 0.238 e. The highest BCUT2D eigenvalue weighted by atomic mass is 35.5. The van der Waals surface area contributed by atoms with E-state index in [1.165, 1.54) is 22.7 Å². The first-order chi connectivity index (χ1) is 18.0. The van der Waals surface area contributed by atoms with Crippen molar-refractivity contribution < 1.29 is 14.4 Å². The zero-order valence-corrected chi connectivity index (χ0v) is 21.6. The van der Waals surface area contributed by atoms with Gasteiger partial charge in [-0.1, -0.05) is 54.1 Å². The summed E-state index contributed by atoms with van der Waals surface area (Å²) in [4.78, 5) is 46.0. The largest absolute Gasteiger partial charge is 0.352 e. The number of amides is 1. The van der Waals surface area contributed by atoms with Gasteiger partial charge in [-0.05, 0) is 58.3 Å². The van der Waals surface area contributed by atoms with Crippen molar-refractivity contribution in [3.63, 3.8) is 0 Å². The summed E-state index contributed by atoms with van der Waals surface area (Å²) in [5.41, 5.74) is 1.76. The Hall–Kier alpha value is -3.52. The molecule has 37 heavy (non-hydrogen) atoms. The molecule has 4 atom stereocenters. The van der Waals surface area contributed by atoms with Gasteiger partial charge in [0, 0.05) is 16.4 Å². The molecule has 5 heterocycles. The van der Waals surface area contributed by atoms with Crippen LogP contribution in [-0.2, 0) is 10.2 Å². The third-order valence-corrected chi connectivity index (χ3v) is 9.68. The molecule has 1 saturated heterocycles. The van der Waals surface area contributed by atoms with Crippen LogP contribution in [0.3, 0.4) is 0 Å². The van der Waals surface area contributed by atoms with E-state index in [1.54, 1.807) is 18.2 Å². The van der Waals surface area contributed by atoms with E-state index in [4.69, 9.17) is 11.6 Å². The van der Waals surface area contributed by atoms with Crippen LogP contribution in [0.4, 0.5) is 11.4 Å². The number of carbonyl (C=O) groups is 3. The zero-order chi connectivity index (χ0) is 25.3. The van der Waals surface area contributed by atoms with E-state index in [-0.39, 0.29) is 17.5 Å². The third-order valence-electron chi connectivity index (χ3n) is 7.67. The number of Topliss-reactive ketones (excluding diaryl/α,β-unsaturated/α-hetero) is 2. The van der Waals surface area contributed by atoms with Gasteiger partial charge in [-0.3, -0.25) is 14.4 Å². The molecular weight excluding hydrogens is 524 g/mol. The maximum atomic E-state index is 14.4. The minimum atomic E-state index is -1.29. The molecule has 5 nitrogen and oxygen atoms in total. The summed E-state index contributed by atoms with van der Waals surface area (Å²) in [6.45, 7) is 0. The van der Waals surface area contributed by atoms with Gasteiger partial charge in [-0.15, -0.1) is 22.7 Å². The van der Waals surface area contributed by atoms with Gasteiger partial charge < -0.3 is 10.2 Å². The van der Waals surface area contributed by atoms with Crippen molar-refractivity contribution in [2.75, 3.05) is 10.2 Å². The number of ketones is 2. The Morgan fingerprint density at radius 1 is 0.919 bits per heavy atom. The van der Waals surface area contributed by atoms with E-state index in [0.717, 1.165) is 16.8 Å². The van der Waals surface area contributed by atoms with Crippen LogP contribution in [-0.4, -0.2) is 29.6 Å². The van der Waals surface area contributed by atoms with E-state index in [2.05, 4.69) is 5.32 Å². The molecule has 7 rings (SSSR count). The third kappa shape index (κ3) is 3.05. The van der Waals surface area contributed by atoms with Crippen molar-refractivity contribution in [2.24, 2.45) is 5.92 Å². The monoisotopic (exact) mass is 542 g/mol. The number of para-hydroxylation sites is 1. The fraction of sp³-hybridized carbons (Fsp3) is 0.138. The summed E-state index contributed by atoms with van der Waals surface area (Å²) in [6, 6.07) is 18.8. The number of hydrogen-bond donors (Lipinski definition) is 1. The molecule has 1 spiro atoms. The average Bonchev–Trinajstić information content (AvgIpc) is 3.70. The molecule has 182 valence electrons. The molecule has 0 radical (unpaired) electrons. The second-order valence-electron chi connectivity index (χ2n) is 9.39. The molecule has 1 N–H and O–H groups in total. The van der Waals surface area contributed by atoms with E-state index in [1.807, 2.05) is 76.3 Å². The van der Waals surface area contributed by atoms with Crippen LogP contribution >= 0.6 is 34.3 Å². The first-order valence-electron chi connectivity index (χ1n) is 11.8. The molecule has 0 aliphatic carbocycles. The van der Waals surface area contributed by atoms with E-state index < -0.39 is 23.4 Å². The number of nitrogens with one attached hydrogen (secondary N) is 1. The zero-order valence-electron chi connectivity index (χ0n) is 19.3. The molecular formula is C29H19ClN2O3S2. The lowest BCUT2D eigenvalue weighted by Gasteiger charge is -2.37. The molecule has 8 heteroatoms. The fourth-order valence-corrected chi connectivity index (χ4v) is 7.87. The van der Waals surface area contributed by atoms with Crippen LogP contribution < -0.4 is 10.2 Å². The second kappa shape index (κ2) is 8.25. The van der Waals surface area contributed by atoms with Crippen LogP contribution in [0.5, 0.6) is 0 Å². The van der Waals surface area contributed by atoms with Crippen LogP contribution in [0.1, 0.15) is 30.5 Å². The Morgan fingerprint density at radius 2 is 1.65 bits per heavy atom. The van der Waals surface area contributed by atoms with Crippen molar-refractivity contribution in [1.29, 1.82) is 0 Å². The van der Waals surface area contributed by atoms with E-state index >= 15 is 0 Å². The molecule has 2 aromatic carbocycles. The Balaban J connectivity index is 1.55. The Kier molecular flexibility index (Phi) is 5.05. The van der Waals surface area contributed by atoms with Gasteiger partial charge in [0.25, 0.3) is 0 Å². The van der Waals surface area contributed by atoms with Crippen molar-refractivity contribution in [3.8, 4) is 0 Å². The molecule has 0 unspecified atom stereocenters. The van der Waals surface area contributed by atoms with E-state index in [9.17, 15) is 14.4 Å². The lowest BCUT2D eigenvalue weighted by atomic mass is 9.65. The van der Waals surface area contributed by atoms with Crippen LogP contribution in [0.2, 0.25) is 5.02 Å². The predicted octanol–water partition coefficient (Wildman–Crippen LogP) is 6.32. The van der Waals surface area contributed by atoms with Crippen LogP contribution in [0, 0.1) is 5.92 Å². The van der Waals surface area contributed by atoms with Crippen molar-refractivity contribution in [2.45, 2.75) is 17.5 Å². The average molecular weight is 543 g/mol. The Bertz CT molecular complexity index is 1610. The topological polar surface area (TPSA) is 66.5 Å². The second-order valence-corrected chi connectivity index (χ2v) is 11.7. The minimum absolute atomic E-state index is 0.167. The quantitative estimate of drug-likeness (QED) is 0.306. The summed E-state index contributed by atoms with van der Waals surface area (Å²) in [5, 5.41) is 7.32. The van der Waals surface area contributed by atoms with Gasteiger partial charge in [0.05, 0.1) is 21.7 Å². The van der Waals surface area contributed by atoms with E-state index in [0.29, 0.717) is 20.5 Å². The SMILES string of the molecule is O=C(c1cccs1)[C@@H]1[C@@H](C(=O)c2cccs2)[C@]2(C(=O)Nc3ccccc32)[C@H]2C=Cc3cc(Cl)ccc3N12. The number of benzene rings is 2. The number of hydrogen-bond acceptors (Lipinski definition) is 6. The maximum absolute atomic E-state index is 14.4. The van der Waals surface area contributed by atoms with Gasteiger partial charge in [-0.2, -0.15) is 0 Å². The van der Waals surface area contributed by atoms with Gasteiger partial charge >= 0.3 is 0 Å². The highest BCUT2D eigenvalue weighted by molar-refractivity contribution is 7.12. The van der Waals surface area contributed by atoms with Crippen LogP contribution in [0.25, 0.3) is 6.08 Å². The molecule has 0 bridgehead atoms.